The SMILES string of the molecule is CCN(CC)CCn1c(NC(=O)c2ccc3c(=O)n4c(nc3c2)CCCCCC4)nc2ccccc21. The molecule has 1 aliphatic heterocycles. The molecule has 2 aromatic carbocycles. The molecule has 3 heterocycles. The Morgan fingerprint density at radius 1 is 1.00 bits per heavy atom. The summed E-state index contributed by atoms with van der Waals surface area (Å²) in [5.41, 5.74) is 2.87. The molecule has 5 rings (SSSR count). The lowest BCUT2D eigenvalue weighted by Crippen LogP contribution is -2.28. The molecular formula is C28H34N6O2. The van der Waals surface area contributed by atoms with Crippen LogP contribution in [0.5, 0.6) is 0 Å². The second kappa shape index (κ2) is 10.6. The Hall–Kier alpha value is -3.52. The Labute approximate surface area is 211 Å². The average molecular weight is 487 g/mol. The first-order valence-corrected chi connectivity index (χ1v) is 13.1. The van der Waals surface area contributed by atoms with Gasteiger partial charge in [-0.3, -0.25) is 19.5 Å². The molecule has 0 radical (unpaired) electrons. The standard InChI is InChI=1S/C28H34N6O2/c1-3-32(4-2)17-18-33-24-12-9-8-11-22(24)30-28(33)31-26(35)20-14-15-21-23(19-20)29-25-13-7-5-6-10-16-34(25)27(21)36/h8-9,11-12,14-15,19H,3-7,10,13,16-18H2,1-2H3,(H,30,31,35). The smallest absolute Gasteiger partial charge is 0.261 e. The molecule has 0 saturated heterocycles. The van der Waals surface area contributed by atoms with Gasteiger partial charge in [0.05, 0.1) is 21.9 Å². The largest absolute Gasteiger partial charge is 0.309 e. The van der Waals surface area contributed by atoms with Gasteiger partial charge in [-0.05, 0) is 56.3 Å². The highest BCUT2D eigenvalue weighted by molar-refractivity contribution is 6.06. The fourth-order valence-corrected chi connectivity index (χ4v) is 5.09. The summed E-state index contributed by atoms with van der Waals surface area (Å²) in [6.45, 7) is 8.54. The zero-order valence-electron chi connectivity index (χ0n) is 21.2. The van der Waals surface area contributed by atoms with Crippen LogP contribution in [-0.2, 0) is 19.5 Å². The van der Waals surface area contributed by atoms with Gasteiger partial charge in [-0.1, -0.05) is 38.8 Å². The second-order valence-corrected chi connectivity index (χ2v) is 9.44. The lowest BCUT2D eigenvalue weighted by molar-refractivity contribution is 0.102. The first-order chi connectivity index (χ1) is 17.6. The van der Waals surface area contributed by atoms with E-state index >= 15 is 0 Å². The molecule has 8 heteroatoms. The molecule has 1 aliphatic rings. The van der Waals surface area contributed by atoms with E-state index in [4.69, 9.17) is 9.97 Å². The Morgan fingerprint density at radius 2 is 1.81 bits per heavy atom. The number of likely N-dealkylation sites (N-methyl/N-ethyl adjacent to an activating group) is 1. The maximum absolute atomic E-state index is 13.3. The number of hydrogen-bond acceptors (Lipinski definition) is 5. The number of rotatable bonds is 7. The van der Waals surface area contributed by atoms with Crippen molar-refractivity contribution in [2.24, 2.45) is 0 Å². The van der Waals surface area contributed by atoms with Crippen molar-refractivity contribution in [1.82, 2.24) is 24.0 Å². The van der Waals surface area contributed by atoms with Crippen molar-refractivity contribution in [2.45, 2.75) is 59.0 Å². The summed E-state index contributed by atoms with van der Waals surface area (Å²) in [6.07, 6.45) is 5.12. The molecule has 36 heavy (non-hydrogen) atoms. The van der Waals surface area contributed by atoms with Crippen LogP contribution >= 0.6 is 0 Å². The molecule has 0 saturated carbocycles. The molecule has 2 aromatic heterocycles. The van der Waals surface area contributed by atoms with Crippen LogP contribution in [0.1, 0.15) is 55.7 Å². The maximum atomic E-state index is 13.3. The van der Waals surface area contributed by atoms with Gasteiger partial charge in [0.15, 0.2) is 0 Å². The summed E-state index contributed by atoms with van der Waals surface area (Å²) >= 11 is 0. The zero-order chi connectivity index (χ0) is 25.1. The number of aryl methyl sites for hydroxylation is 1. The van der Waals surface area contributed by atoms with Crippen molar-refractivity contribution in [3.63, 3.8) is 0 Å². The van der Waals surface area contributed by atoms with Gasteiger partial charge in [-0.15, -0.1) is 0 Å². The van der Waals surface area contributed by atoms with Gasteiger partial charge in [0.1, 0.15) is 5.82 Å². The monoisotopic (exact) mass is 486 g/mol. The highest BCUT2D eigenvalue weighted by Gasteiger charge is 2.18. The van der Waals surface area contributed by atoms with Gasteiger partial charge in [-0.25, -0.2) is 9.97 Å². The Bertz CT molecular complexity index is 1450. The van der Waals surface area contributed by atoms with E-state index in [2.05, 4.69) is 28.6 Å². The summed E-state index contributed by atoms with van der Waals surface area (Å²) in [5.74, 6) is 1.09. The lowest BCUT2D eigenvalue weighted by Gasteiger charge is -2.19. The van der Waals surface area contributed by atoms with E-state index in [-0.39, 0.29) is 11.5 Å². The minimum absolute atomic E-state index is 0.0120. The van der Waals surface area contributed by atoms with Crippen molar-refractivity contribution >= 4 is 33.8 Å². The maximum Gasteiger partial charge on any atom is 0.261 e. The predicted octanol–water partition coefficient (Wildman–Crippen LogP) is 4.46. The number of benzene rings is 2. The zero-order valence-corrected chi connectivity index (χ0v) is 21.2. The van der Waals surface area contributed by atoms with Crippen LogP contribution in [0.3, 0.4) is 0 Å². The number of anilines is 1. The quantitative estimate of drug-likeness (QED) is 0.417. The van der Waals surface area contributed by atoms with Crippen molar-refractivity contribution in [1.29, 1.82) is 0 Å². The van der Waals surface area contributed by atoms with Crippen LogP contribution in [0.25, 0.3) is 21.9 Å². The van der Waals surface area contributed by atoms with Crippen molar-refractivity contribution in [2.75, 3.05) is 25.0 Å². The van der Waals surface area contributed by atoms with Gasteiger partial charge in [-0.2, -0.15) is 0 Å². The summed E-state index contributed by atoms with van der Waals surface area (Å²) in [5, 5.41) is 3.58. The Kier molecular flexibility index (Phi) is 7.13. The van der Waals surface area contributed by atoms with Gasteiger partial charge >= 0.3 is 0 Å². The molecule has 0 aliphatic carbocycles. The van der Waals surface area contributed by atoms with Crippen LogP contribution in [0.15, 0.2) is 47.3 Å². The summed E-state index contributed by atoms with van der Waals surface area (Å²) in [4.78, 5) is 38.3. The Balaban J connectivity index is 1.46. The molecule has 8 nitrogen and oxygen atoms in total. The molecule has 1 amide bonds. The van der Waals surface area contributed by atoms with Crippen LogP contribution in [-0.4, -0.2) is 49.5 Å². The molecule has 0 unspecified atom stereocenters. The molecular weight excluding hydrogens is 452 g/mol. The third kappa shape index (κ3) is 4.78. The normalized spacial score (nSPS) is 14.1. The van der Waals surface area contributed by atoms with Gasteiger partial charge in [0.2, 0.25) is 5.95 Å². The molecule has 0 spiro atoms. The van der Waals surface area contributed by atoms with Crippen LogP contribution in [0.4, 0.5) is 5.95 Å². The van der Waals surface area contributed by atoms with E-state index in [9.17, 15) is 9.59 Å². The summed E-state index contributed by atoms with van der Waals surface area (Å²) < 4.78 is 3.89. The number of nitrogens with zero attached hydrogens (tertiary/aromatic N) is 5. The Morgan fingerprint density at radius 3 is 2.64 bits per heavy atom. The minimum Gasteiger partial charge on any atom is -0.309 e. The van der Waals surface area contributed by atoms with Crippen molar-refractivity contribution in [3.8, 4) is 0 Å². The van der Waals surface area contributed by atoms with Gasteiger partial charge in [0.25, 0.3) is 11.5 Å². The van der Waals surface area contributed by atoms with Gasteiger partial charge in [0, 0.05) is 31.6 Å². The number of para-hydroxylation sites is 2. The van der Waals surface area contributed by atoms with E-state index in [0.717, 1.165) is 75.1 Å². The van der Waals surface area contributed by atoms with Crippen molar-refractivity contribution < 1.29 is 4.79 Å². The first kappa shape index (κ1) is 24.2. The fraction of sp³-hybridized carbons (Fsp3) is 0.429. The third-order valence-corrected chi connectivity index (χ3v) is 7.24. The highest BCUT2D eigenvalue weighted by Crippen LogP contribution is 2.21. The van der Waals surface area contributed by atoms with Gasteiger partial charge < -0.3 is 9.47 Å². The second-order valence-electron chi connectivity index (χ2n) is 9.44. The number of imidazole rings is 1. The number of carbonyl (C=O) groups is 1. The molecule has 0 atom stereocenters. The van der Waals surface area contributed by atoms with E-state index in [1.807, 2.05) is 28.8 Å². The molecule has 188 valence electrons. The number of nitrogens with one attached hydrogen (secondary N) is 1. The van der Waals surface area contributed by atoms with Crippen LogP contribution < -0.4 is 10.9 Å². The van der Waals surface area contributed by atoms with E-state index < -0.39 is 0 Å². The van der Waals surface area contributed by atoms with E-state index in [0.29, 0.717) is 29.0 Å². The highest BCUT2D eigenvalue weighted by atomic mass is 16.2. The number of fused-ring (bicyclic) bond motifs is 3. The number of aromatic nitrogens is 4. The van der Waals surface area contributed by atoms with Crippen LogP contribution in [0.2, 0.25) is 0 Å². The molecule has 0 bridgehead atoms. The minimum atomic E-state index is -0.259. The molecule has 4 aromatic rings. The van der Waals surface area contributed by atoms with E-state index in [1.165, 1.54) is 0 Å². The predicted molar refractivity (Wildman–Crippen MR) is 144 cm³/mol. The molecule has 0 fully saturated rings. The van der Waals surface area contributed by atoms with E-state index in [1.54, 1.807) is 18.2 Å². The molecule has 1 N–H and O–H groups in total. The summed E-state index contributed by atoms with van der Waals surface area (Å²) in [6, 6.07) is 13.1. The average Bonchev–Trinajstić information content (AvgIpc) is 3.22. The topological polar surface area (TPSA) is 85.0 Å². The fourth-order valence-electron chi connectivity index (χ4n) is 5.09. The number of hydrogen-bond donors (Lipinski definition) is 1. The number of amides is 1. The van der Waals surface area contributed by atoms with Crippen molar-refractivity contribution in [3.05, 3.63) is 64.2 Å². The number of carbonyl (C=O) groups excluding carboxylic acids is 1. The van der Waals surface area contributed by atoms with Crippen LogP contribution in [0, 0.1) is 0 Å². The third-order valence-electron chi connectivity index (χ3n) is 7.24. The first-order valence-electron chi connectivity index (χ1n) is 13.1. The summed E-state index contributed by atoms with van der Waals surface area (Å²) in [7, 11) is 0. The lowest BCUT2D eigenvalue weighted by atomic mass is 10.1.